The molecule has 1 saturated heterocycles. The molecule has 0 radical (unpaired) electrons. The zero-order valence-electron chi connectivity index (χ0n) is 25.6. The van der Waals surface area contributed by atoms with Gasteiger partial charge in [0.15, 0.2) is 11.6 Å². The minimum absolute atomic E-state index is 0.0585. The van der Waals surface area contributed by atoms with Gasteiger partial charge in [-0.15, -0.1) is 0 Å². The molecule has 228 valence electrons. The van der Waals surface area contributed by atoms with E-state index in [9.17, 15) is 18.0 Å². The first kappa shape index (κ1) is 29.6. The molecule has 0 unspecified atom stereocenters. The second-order valence-electron chi connectivity index (χ2n) is 11.7. The van der Waals surface area contributed by atoms with Gasteiger partial charge in [0.2, 0.25) is 10.0 Å². The lowest BCUT2D eigenvalue weighted by atomic mass is 9.87. The van der Waals surface area contributed by atoms with Gasteiger partial charge in [-0.2, -0.15) is 0 Å². The van der Waals surface area contributed by atoms with Gasteiger partial charge in [-0.05, 0) is 43.5 Å². The highest BCUT2D eigenvalue weighted by Crippen LogP contribution is 2.42. The van der Waals surface area contributed by atoms with Crippen molar-refractivity contribution >= 4 is 49.4 Å². The molecule has 10 heteroatoms. The fourth-order valence-corrected chi connectivity index (χ4v) is 6.70. The van der Waals surface area contributed by atoms with Crippen molar-refractivity contribution in [1.29, 1.82) is 0 Å². The molecule has 1 amide bonds. The van der Waals surface area contributed by atoms with E-state index in [4.69, 9.17) is 4.42 Å². The number of ketones is 1. The molecular formula is C34H36N4O5S. The van der Waals surface area contributed by atoms with E-state index >= 15 is 0 Å². The number of carbonyl (C=O) groups is 2. The number of piperidine rings is 1. The van der Waals surface area contributed by atoms with Crippen molar-refractivity contribution in [3.63, 3.8) is 0 Å². The molecule has 1 aliphatic rings. The Labute approximate surface area is 257 Å². The number of hydrogen-bond acceptors (Lipinski definition) is 6. The number of furan rings is 1. The predicted molar refractivity (Wildman–Crippen MR) is 173 cm³/mol. The Bertz CT molecular complexity index is 2020. The Morgan fingerprint density at radius 1 is 1.09 bits per heavy atom. The maximum absolute atomic E-state index is 13.8. The number of carbonyl (C=O) groups excluding carboxylic acids is 2. The standard InChI is InChI=1S/C34H36N4O5S/c1-6-29(39)31-25-18-24(23-10-9-17-38(20-23)34(40)33-35-26-11-7-8-12-27(26)36(33)3)28(37(4)44(5,41)42)19-30(25)43-32(31)22-15-13-21(2)14-16-22/h7-8,11-16,18-19,23H,6,9-10,17,20H2,1-5H3/t23-/m0/s1. The van der Waals surface area contributed by atoms with Crippen LogP contribution in [0.4, 0.5) is 5.69 Å². The third kappa shape index (κ3) is 5.17. The van der Waals surface area contributed by atoms with Gasteiger partial charge >= 0.3 is 0 Å². The second-order valence-corrected chi connectivity index (χ2v) is 13.7. The first-order valence-corrected chi connectivity index (χ1v) is 16.7. The molecule has 0 saturated carbocycles. The van der Waals surface area contributed by atoms with Crippen LogP contribution in [0.2, 0.25) is 0 Å². The summed E-state index contributed by atoms with van der Waals surface area (Å²) in [5, 5.41) is 0.645. The number of benzene rings is 3. The van der Waals surface area contributed by atoms with Crippen LogP contribution in [0.3, 0.4) is 0 Å². The quantitative estimate of drug-likeness (QED) is 0.200. The molecule has 0 aliphatic carbocycles. The first-order chi connectivity index (χ1) is 21.0. The van der Waals surface area contributed by atoms with E-state index in [2.05, 4.69) is 4.98 Å². The Morgan fingerprint density at radius 3 is 2.50 bits per heavy atom. The van der Waals surface area contributed by atoms with Gasteiger partial charge in [-0.1, -0.05) is 48.9 Å². The summed E-state index contributed by atoms with van der Waals surface area (Å²) in [7, 11) is -0.267. The maximum atomic E-state index is 13.8. The molecule has 1 aliphatic heterocycles. The summed E-state index contributed by atoms with van der Waals surface area (Å²) in [5.41, 5.74) is 5.66. The minimum atomic E-state index is -3.63. The van der Waals surface area contributed by atoms with Crippen molar-refractivity contribution in [2.75, 3.05) is 30.7 Å². The largest absolute Gasteiger partial charge is 0.455 e. The lowest BCUT2D eigenvalue weighted by molar-refractivity contribution is 0.0691. The number of sulfonamides is 1. The molecule has 1 atom stereocenters. The van der Waals surface area contributed by atoms with E-state index in [0.717, 1.165) is 46.8 Å². The van der Waals surface area contributed by atoms with Gasteiger partial charge in [-0.3, -0.25) is 13.9 Å². The summed E-state index contributed by atoms with van der Waals surface area (Å²) < 4.78 is 35.1. The summed E-state index contributed by atoms with van der Waals surface area (Å²) >= 11 is 0. The molecule has 5 aromatic rings. The fourth-order valence-electron chi connectivity index (χ4n) is 6.18. The molecule has 3 aromatic carbocycles. The average molecular weight is 613 g/mol. The molecular weight excluding hydrogens is 576 g/mol. The van der Waals surface area contributed by atoms with Crippen molar-refractivity contribution in [3.8, 4) is 11.3 Å². The summed E-state index contributed by atoms with van der Waals surface area (Å²) in [6.45, 7) is 4.77. The van der Waals surface area contributed by atoms with Gasteiger partial charge in [0, 0.05) is 56.5 Å². The molecule has 6 rings (SSSR count). The number of aromatic nitrogens is 2. The third-order valence-electron chi connectivity index (χ3n) is 8.71. The Kier molecular flexibility index (Phi) is 7.57. The second kappa shape index (κ2) is 11.2. The van der Waals surface area contributed by atoms with Crippen molar-refractivity contribution in [3.05, 3.63) is 83.2 Å². The van der Waals surface area contributed by atoms with Crippen LogP contribution < -0.4 is 4.31 Å². The van der Waals surface area contributed by atoms with Crippen LogP contribution in [0.5, 0.6) is 0 Å². The Balaban J connectivity index is 1.47. The zero-order valence-corrected chi connectivity index (χ0v) is 26.4. The molecule has 2 aromatic heterocycles. The lowest BCUT2D eigenvalue weighted by Gasteiger charge is -2.34. The smallest absolute Gasteiger partial charge is 0.289 e. The molecule has 0 bridgehead atoms. The Hall–Kier alpha value is -4.44. The predicted octanol–water partition coefficient (Wildman–Crippen LogP) is 6.30. The topological polar surface area (TPSA) is 106 Å². The third-order valence-corrected chi connectivity index (χ3v) is 9.91. The van der Waals surface area contributed by atoms with E-state index in [1.807, 2.05) is 80.1 Å². The molecule has 0 spiro atoms. The van der Waals surface area contributed by atoms with E-state index < -0.39 is 10.0 Å². The van der Waals surface area contributed by atoms with Crippen LogP contribution in [0.25, 0.3) is 33.3 Å². The molecule has 44 heavy (non-hydrogen) atoms. The van der Waals surface area contributed by atoms with Crippen LogP contribution in [0, 0.1) is 6.92 Å². The number of amides is 1. The van der Waals surface area contributed by atoms with Crippen LogP contribution in [-0.4, -0.2) is 61.0 Å². The van der Waals surface area contributed by atoms with Crippen LogP contribution in [0.15, 0.2) is 65.1 Å². The van der Waals surface area contributed by atoms with E-state index in [0.29, 0.717) is 46.9 Å². The van der Waals surface area contributed by atoms with Gasteiger partial charge in [0.1, 0.15) is 11.3 Å². The van der Waals surface area contributed by atoms with Gasteiger partial charge in [-0.25, -0.2) is 13.4 Å². The van der Waals surface area contributed by atoms with Gasteiger partial charge < -0.3 is 13.9 Å². The number of aryl methyl sites for hydroxylation is 2. The van der Waals surface area contributed by atoms with Crippen molar-refractivity contribution in [2.24, 2.45) is 7.05 Å². The van der Waals surface area contributed by atoms with Crippen LogP contribution in [0.1, 0.15) is 64.2 Å². The zero-order chi connectivity index (χ0) is 31.3. The highest BCUT2D eigenvalue weighted by molar-refractivity contribution is 7.92. The summed E-state index contributed by atoms with van der Waals surface area (Å²) in [5.74, 6) is 0.438. The molecule has 3 heterocycles. The number of hydrogen-bond donors (Lipinski definition) is 0. The van der Waals surface area contributed by atoms with E-state index in [1.54, 1.807) is 11.0 Å². The molecule has 1 fully saturated rings. The average Bonchev–Trinajstić information content (AvgIpc) is 3.56. The van der Waals surface area contributed by atoms with Crippen molar-refractivity contribution in [1.82, 2.24) is 14.5 Å². The number of anilines is 1. The van der Waals surface area contributed by atoms with E-state index in [1.165, 1.54) is 11.4 Å². The summed E-state index contributed by atoms with van der Waals surface area (Å²) in [4.78, 5) is 33.6. The molecule has 9 nitrogen and oxygen atoms in total. The fraction of sp³-hybridized carbons (Fsp3) is 0.324. The number of imidazole rings is 1. The number of Topliss-reactive ketones (excluding diaryl/α,β-unsaturated/α-hetero) is 1. The van der Waals surface area contributed by atoms with E-state index in [-0.39, 0.29) is 24.0 Å². The number of nitrogens with zero attached hydrogens (tertiary/aromatic N) is 4. The van der Waals surface area contributed by atoms with Crippen LogP contribution in [-0.2, 0) is 17.1 Å². The summed E-state index contributed by atoms with van der Waals surface area (Å²) in [6, 6.07) is 19.1. The summed E-state index contributed by atoms with van der Waals surface area (Å²) in [6.07, 6.45) is 2.94. The normalized spacial score (nSPS) is 15.7. The highest BCUT2D eigenvalue weighted by atomic mass is 32.2. The van der Waals surface area contributed by atoms with Crippen molar-refractivity contribution < 1.29 is 22.4 Å². The highest BCUT2D eigenvalue weighted by Gasteiger charge is 2.32. The minimum Gasteiger partial charge on any atom is -0.455 e. The number of para-hydroxylation sites is 2. The monoisotopic (exact) mass is 612 g/mol. The van der Waals surface area contributed by atoms with Crippen molar-refractivity contribution in [2.45, 2.75) is 39.0 Å². The van der Waals surface area contributed by atoms with Gasteiger partial charge in [0.25, 0.3) is 5.91 Å². The first-order valence-electron chi connectivity index (χ1n) is 14.8. The lowest BCUT2D eigenvalue weighted by Crippen LogP contribution is -2.40. The van der Waals surface area contributed by atoms with Crippen LogP contribution >= 0.6 is 0 Å². The Morgan fingerprint density at radius 2 is 1.82 bits per heavy atom. The number of rotatable bonds is 7. The number of fused-ring (bicyclic) bond motifs is 2. The SMILES string of the molecule is CCC(=O)c1c(-c2ccc(C)cc2)oc2cc(N(C)S(C)(=O)=O)c([C@H]3CCCN(C(=O)c4nc5ccccc5n4C)C3)cc12. The van der Waals surface area contributed by atoms with Gasteiger partial charge in [0.05, 0.1) is 28.5 Å². The number of likely N-dealkylation sites (tertiary alicyclic amines) is 1. The molecule has 0 N–H and O–H groups in total. The maximum Gasteiger partial charge on any atom is 0.289 e.